The first-order valence-corrected chi connectivity index (χ1v) is 4.98. The van der Waals surface area contributed by atoms with Crippen molar-refractivity contribution in [1.29, 1.82) is 0 Å². The molecule has 0 aliphatic rings. The van der Waals surface area contributed by atoms with E-state index in [9.17, 15) is 0 Å². The van der Waals surface area contributed by atoms with Crippen LogP contribution in [0, 0.1) is 0 Å². The first kappa shape index (κ1) is 9.77. The highest BCUT2D eigenvalue weighted by molar-refractivity contribution is 5.60. The summed E-state index contributed by atoms with van der Waals surface area (Å²) in [7, 11) is 0. The molecule has 0 N–H and O–H groups in total. The molecule has 0 atom stereocenters. The summed E-state index contributed by atoms with van der Waals surface area (Å²) in [6, 6.07) is 4.11. The molecule has 76 valence electrons. The van der Waals surface area contributed by atoms with Crippen molar-refractivity contribution in [2.45, 2.75) is 19.8 Å². The van der Waals surface area contributed by atoms with Crippen LogP contribution in [0.15, 0.2) is 37.1 Å². The van der Waals surface area contributed by atoms with Gasteiger partial charge in [-0.2, -0.15) is 0 Å². The first-order valence-electron chi connectivity index (χ1n) is 4.98. The van der Waals surface area contributed by atoms with Gasteiger partial charge in [0, 0.05) is 35.4 Å². The highest BCUT2D eigenvalue weighted by atomic mass is 14.8. The Bertz CT molecular complexity index is 420. The number of hydrogen-bond acceptors (Lipinski definition) is 3. The average Bonchev–Trinajstić information content (AvgIpc) is 2.30. The topological polar surface area (TPSA) is 38.7 Å². The molecule has 3 nitrogen and oxygen atoms in total. The van der Waals surface area contributed by atoms with Crippen molar-refractivity contribution in [3.63, 3.8) is 0 Å². The minimum absolute atomic E-state index is 0.464. The summed E-state index contributed by atoms with van der Waals surface area (Å²) in [5.74, 6) is 0.464. The maximum Gasteiger partial charge on any atom is 0.115 e. The lowest BCUT2D eigenvalue weighted by Crippen LogP contribution is -1.92. The predicted octanol–water partition coefficient (Wildman–Crippen LogP) is 2.66. The molecule has 2 heterocycles. The summed E-state index contributed by atoms with van der Waals surface area (Å²) in [5.41, 5.74) is 3.16. The second kappa shape index (κ2) is 4.17. The molecule has 0 aromatic carbocycles. The van der Waals surface area contributed by atoms with Gasteiger partial charge in [0.2, 0.25) is 0 Å². The Balaban J connectivity index is 2.32. The molecule has 2 aromatic heterocycles. The van der Waals surface area contributed by atoms with E-state index in [1.54, 1.807) is 12.4 Å². The van der Waals surface area contributed by atoms with Gasteiger partial charge in [-0.15, -0.1) is 0 Å². The molecule has 3 heteroatoms. The van der Waals surface area contributed by atoms with Crippen LogP contribution >= 0.6 is 0 Å². The van der Waals surface area contributed by atoms with Gasteiger partial charge in [-0.05, 0) is 12.0 Å². The fourth-order valence-corrected chi connectivity index (χ4v) is 1.37. The summed E-state index contributed by atoms with van der Waals surface area (Å²) >= 11 is 0. The molecule has 0 bridgehead atoms. The maximum absolute atomic E-state index is 4.40. The van der Waals surface area contributed by atoms with Gasteiger partial charge < -0.3 is 0 Å². The summed E-state index contributed by atoms with van der Waals surface area (Å²) in [5, 5.41) is 0. The van der Waals surface area contributed by atoms with E-state index in [0.29, 0.717) is 5.92 Å². The van der Waals surface area contributed by atoms with Crippen molar-refractivity contribution in [3.05, 3.63) is 42.7 Å². The lowest BCUT2D eigenvalue weighted by atomic mass is 10.1. The number of rotatable bonds is 2. The molecule has 15 heavy (non-hydrogen) atoms. The third-order valence-corrected chi connectivity index (χ3v) is 2.27. The molecule has 0 saturated carbocycles. The lowest BCUT2D eigenvalue weighted by molar-refractivity contribution is 0.823. The fourth-order valence-electron chi connectivity index (χ4n) is 1.37. The van der Waals surface area contributed by atoms with Gasteiger partial charge in [-0.25, -0.2) is 9.97 Å². The van der Waals surface area contributed by atoms with Crippen LogP contribution in [-0.2, 0) is 0 Å². The Hall–Kier alpha value is -1.77. The van der Waals surface area contributed by atoms with Gasteiger partial charge >= 0.3 is 0 Å². The predicted molar refractivity (Wildman–Crippen MR) is 59.4 cm³/mol. The van der Waals surface area contributed by atoms with Crippen molar-refractivity contribution in [1.82, 2.24) is 15.0 Å². The number of pyridine rings is 1. The number of nitrogens with zero attached hydrogens (tertiary/aromatic N) is 3. The smallest absolute Gasteiger partial charge is 0.115 e. The molecule has 2 rings (SSSR count). The van der Waals surface area contributed by atoms with Crippen LogP contribution in [0.25, 0.3) is 11.1 Å². The minimum Gasteiger partial charge on any atom is -0.260 e. The highest BCUT2D eigenvalue weighted by Crippen LogP contribution is 2.18. The average molecular weight is 199 g/mol. The summed E-state index contributed by atoms with van der Waals surface area (Å²) in [6.07, 6.45) is 6.98. The number of hydrogen-bond donors (Lipinski definition) is 0. The van der Waals surface area contributed by atoms with Gasteiger partial charge in [-0.3, -0.25) is 4.98 Å². The lowest BCUT2D eigenvalue weighted by Gasteiger charge is -2.05. The zero-order chi connectivity index (χ0) is 10.7. The standard InChI is InChI=1S/C12H13N3/c1-9(2)12-4-3-10(7-15-12)11-5-13-8-14-6-11/h3-9H,1-2H3. The van der Waals surface area contributed by atoms with E-state index in [2.05, 4.69) is 34.9 Å². The molecular formula is C12H13N3. The summed E-state index contributed by atoms with van der Waals surface area (Å²) < 4.78 is 0. The molecule has 2 aromatic rings. The SMILES string of the molecule is CC(C)c1ccc(-c2cncnc2)cn1. The van der Waals surface area contributed by atoms with E-state index in [4.69, 9.17) is 0 Å². The van der Waals surface area contributed by atoms with Crippen LogP contribution in [0.2, 0.25) is 0 Å². The van der Waals surface area contributed by atoms with Gasteiger partial charge in [0.05, 0.1) is 0 Å². The van der Waals surface area contributed by atoms with Crippen molar-refractivity contribution >= 4 is 0 Å². The number of aromatic nitrogens is 3. The zero-order valence-corrected chi connectivity index (χ0v) is 8.88. The van der Waals surface area contributed by atoms with Crippen LogP contribution in [0.3, 0.4) is 0 Å². The van der Waals surface area contributed by atoms with Crippen molar-refractivity contribution < 1.29 is 0 Å². The van der Waals surface area contributed by atoms with Crippen LogP contribution in [0.5, 0.6) is 0 Å². The van der Waals surface area contributed by atoms with Gasteiger partial charge in [0.1, 0.15) is 6.33 Å². The van der Waals surface area contributed by atoms with Crippen LogP contribution in [0.1, 0.15) is 25.5 Å². The maximum atomic E-state index is 4.40. The Labute approximate surface area is 89.2 Å². The van der Waals surface area contributed by atoms with E-state index >= 15 is 0 Å². The van der Waals surface area contributed by atoms with Crippen LogP contribution in [0.4, 0.5) is 0 Å². The van der Waals surface area contributed by atoms with E-state index in [1.807, 2.05) is 12.3 Å². The third kappa shape index (κ3) is 2.18. The molecule has 0 aliphatic heterocycles. The van der Waals surface area contributed by atoms with E-state index in [0.717, 1.165) is 16.8 Å². The molecular weight excluding hydrogens is 186 g/mol. The Kier molecular flexibility index (Phi) is 2.72. The largest absolute Gasteiger partial charge is 0.260 e. The molecule has 0 aliphatic carbocycles. The fraction of sp³-hybridized carbons (Fsp3) is 0.250. The molecule has 0 amide bonds. The Morgan fingerprint density at radius 2 is 1.67 bits per heavy atom. The molecule has 0 spiro atoms. The molecule has 0 fully saturated rings. The molecule has 0 radical (unpaired) electrons. The van der Waals surface area contributed by atoms with Gasteiger partial charge in [-0.1, -0.05) is 19.9 Å². The van der Waals surface area contributed by atoms with Crippen molar-refractivity contribution in [2.75, 3.05) is 0 Å². The second-order valence-electron chi connectivity index (χ2n) is 3.75. The quantitative estimate of drug-likeness (QED) is 0.746. The van der Waals surface area contributed by atoms with Gasteiger partial charge in [0.15, 0.2) is 0 Å². The monoisotopic (exact) mass is 199 g/mol. The highest BCUT2D eigenvalue weighted by Gasteiger charge is 2.02. The summed E-state index contributed by atoms with van der Waals surface area (Å²) in [6.45, 7) is 4.27. The van der Waals surface area contributed by atoms with E-state index in [1.165, 1.54) is 6.33 Å². The van der Waals surface area contributed by atoms with Crippen LogP contribution < -0.4 is 0 Å². The van der Waals surface area contributed by atoms with E-state index < -0.39 is 0 Å². The van der Waals surface area contributed by atoms with Crippen molar-refractivity contribution in [3.8, 4) is 11.1 Å². The Morgan fingerprint density at radius 1 is 0.933 bits per heavy atom. The first-order chi connectivity index (χ1) is 7.27. The van der Waals surface area contributed by atoms with Gasteiger partial charge in [0.25, 0.3) is 0 Å². The van der Waals surface area contributed by atoms with Crippen molar-refractivity contribution in [2.24, 2.45) is 0 Å². The minimum atomic E-state index is 0.464. The molecule has 0 saturated heterocycles. The Morgan fingerprint density at radius 3 is 2.20 bits per heavy atom. The normalized spacial score (nSPS) is 10.6. The molecule has 0 unspecified atom stereocenters. The van der Waals surface area contributed by atoms with E-state index in [-0.39, 0.29) is 0 Å². The second-order valence-corrected chi connectivity index (χ2v) is 3.75. The zero-order valence-electron chi connectivity index (χ0n) is 8.88. The summed E-state index contributed by atoms with van der Waals surface area (Å²) in [4.78, 5) is 12.4. The van der Waals surface area contributed by atoms with Crippen LogP contribution in [-0.4, -0.2) is 15.0 Å². The third-order valence-electron chi connectivity index (χ3n) is 2.27.